The van der Waals surface area contributed by atoms with Crippen molar-refractivity contribution in [1.82, 2.24) is 19.9 Å². The summed E-state index contributed by atoms with van der Waals surface area (Å²) in [6.45, 7) is 1.00. The number of fused-ring (bicyclic) bond motifs is 1. The van der Waals surface area contributed by atoms with Crippen molar-refractivity contribution in [2.24, 2.45) is 0 Å². The number of benzene rings is 1. The lowest BCUT2D eigenvalue weighted by Gasteiger charge is -2.27. The molecule has 1 N–H and O–H groups in total. The average Bonchev–Trinajstić information content (AvgIpc) is 2.79. The first-order valence-corrected chi connectivity index (χ1v) is 9.22. The van der Waals surface area contributed by atoms with Crippen molar-refractivity contribution < 1.29 is 19.1 Å². The van der Waals surface area contributed by atoms with Crippen molar-refractivity contribution >= 4 is 22.8 Å². The van der Waals surface area contributed by atoms with Crippen molar-refractivity contribution in [1.29, 1.82) is 0 Å². The number of amides is 1. The average molecular weight is 420 g/mol. The maximum atomic E-state index is 13.1. The second kappa shape index (κ2) is 9.09. The molecule has 9 nitrogen and oxygen atoms in total. The van der Waals surface area contributed by atoms with Crippen LogP contribution in [0.2, 0.25) is 0 Å². The fraction of sp³-hybridized carbons (Fsp3) is 0.227. The molecule has 2 aromatic heterocycles. The van der Waals surface area contributed by atoms with E-state index >= 15 is 0 Å². The van der Waals surface area contributed by atoms with E-state index in [0.717, 1.165) is 0 Å². The van der Waals surface area contributed by atoms with Gasteiger partial charge in [-0.2, -0.15) is 0 Å². The van der Waals surface area contributed by atoms with Gasteiger partial charge in [0.2, 0.25) is 0 Å². The molecule has 1 aromatic carbocycles. The minimum atomic E-state index is -1.74. The van der Waals surface area contributed by atoms with Gasteiger partial charge >= 0.3 is 6.09 Å². The summed E-state index contributed by atoms with van der Waals surface area (Å²) in [4.78, 5) is 46.0. The third-order valence-electron chi connectivity index (χ3n) is 4.62. The lowest BCUT2D eigenvalue weighted by atomic mass is 9.94. The summed E-state index contributed by atoms with van der Waals surface area (Å²) in [7, 11) is 2.66. The molecular weight excluding hydrogens is 400 g/mol. The number of carbonyl (C=O) groups excluding carboxylic acids is 2. The minimum Gasteiger partial charge on any atom is -0.497 e. The standard InChI is InChI=1S/C22H20N4O5/c1-15(27)22(25-21(29)31-3,9-8-16-5-4-10-23-12-16)13-26-14-24-19-7-6-17(30-2)11-18(19)20(26)28/h4-7,10-12,14H,13H2,1-3H3,(H,25,29)/t22-/m0/s1. The van der Waals surface area contributed by atoms with Crippen molar-refractivity contribution in [3.05, 3.63) is 65.0 Å². The molecule has 2 heterocycles. The summed E-state index contributed by atoms with van der Waals surface area (Å²) in [5.74, 6) is 5.64. The molecule has 31 heavy (non-hydrogen) atoms. The fourth-order valence-corrected chi connectivity index (χ4v) is 2.87. The Morgan fingerprint density at radius 2 is 2.06 bits per heavy atom. The van der Waals surface area contributed by atoms with Crippen LogP contribution in [0.1, 0.15) is 12.5 Å². The molecule has 0 radical (unpaired) electrons. The van der Waals surface area contributed by atoms with Crippen LogP contribution in [0, 0.1) is 11.8 Å². The number of hydrogen-bond acceptors (Lipinski definition) is 7. The van der Waals surface area contributed by atoms with Gasteiger partial charge in [-0.05, 0) is 37.3 Å². The molecule has 1 atom stereocenters. The molecule has 3 aromatic rings. The largest absolute Gasteiger partial charge is 0.497 e. The summed E-state index contributed by atoms with van der Waals surface area (Å²) >= 11 is 0. The van der Waals surface area contributed by atoms with Crippen LogP contribution in [0.3, 0.4) is 0 Å². The second-order valence-electron chi connectivity index (χ2n) is 6.63. The van der Waals surface area contributed by atoms with E-state index in [4.69, 9.17) is 4.74 Å². The van der Waals surface area contributed by atoms with E-state index in [1.807, 2.05) is 0 Å². The molecule has 0 unspecified atom stereocenters. The zero-order valence-electron chi connectivity index (χ0n) is 17.2. The Morgan fingerprint density at radius 3 is 2.71 bits per heavy atom. The van der Waals surface area contributed by atoms with Crippen LogP contribution in [0.25, 0.3) is 10.9 Å². The number of alkyl carbamates (subject to hydrolysis) is 1. The van der Waals surface area contributed by atoms with E-state index in [1.54, 1.807) is 36.5 Å². The first-order valence-electron chi connectivity index (χ1n) is 9.22. The molecule has 0 aliphatic carbocycles. The molecule has 0 aliphatic heterocycles. The number of hydrogen-bond donors (Lipinski definition) is 1. The Bertz CT molecular complexity index is 1240. The molecule has 0 bridgehead atoms. The van der Waals surface area contributed by atoms with E-state index < -0.39 is 23.0 Å². The summed E-state index contributed by atoms with van der Waals surface area (Å²) < 4.78 is 11.1. The Labute approximate surface area is 178 Å². The van der Waals surface area contributed by atoms with Gasteiger partial charge in [0.15, 0.2) is 11.3 Å². The Hall–Kier alpha value is -4.19. The summed E-state index contributed by atoms with van der Waals surface area (Å²) in [6.07, 6.45) is 3.55. The molecule has 0 saturated heterocycles. The molecule has 9 heteroatoms. The van der Waals surface area contributed by atoms with Crippen molar-refractivity contribution in [2.75, 3.05) is 14.2 Å². The lowest BCUT2D eigenvalue weighted by molar-refractivity contribution is -0.121. The highest BCUT2D eigenvalue weighted by Gasteiger charge is 2.37. The van der Waals surface area contributed by atoms with Crippen LogP contribution in [0.15, 0.2) is 53.8 Å². The molecule has 0 saturated carbocycles. The molecule has 3 rings (SSSR count). The number of aromatic nitrogens is 3. The number of nitrogens with one attached hydrogen (secondary N) is 1. The van der Waals surface area contributed by atoms with Crippen LogP contribution in [0.5, 0.6) is 5.75 Å². The van der Waals surface area contributed by atoms with Crippen LogP contribution in [-0.2, 0) is 16.1 Å². The van der Waals surface area contributed by atoms with Crippen molar-refractivity contribution in [3.8, 4) is 17.6 Å². The predicted octanol–water partition coefficient (Wildman–Crippen LogP) is 1.54. The SMILES string of the molecule is COC(=O)N[C@@](C#Cc1cccnc1)(Cn1cnc2ccc(OC)cc2c1=O)C(C)=O. The third kappa shape index (κ3) is 4.70. The number of nitrogens with zero attached hydrogens (tertiary/aromatic N) is 3. The second-order valence-corrected chi connectivity index (χ2v) is 6.63. The van der Waals surface area contributed by atoms with Gasteiger partial charge in [-0.3, -0.25) is 24.5 Å². The van der Waals surface area contributed by atoms with E-state index in [9.17, 15) is 14.4 Å². The van der Waals surface area contributed by atoms with Gasteiger partial charge in [0.1, 0.15) is 5.75 Å². The molecule has 1 amide bonds. The first-order chi connectivity index (χ1) is 14.9. The van der Waals surface area contributed by atoms with Crippen LogP contribution in [0.4, 0.5) is 4.79 Å². The van der Waals surface area contributed by atoms with E-state index in [1.165, 1.54) is 38.2 Å². The minimum absolute atomic E-state index is 0.274. The van der Waals surface area contributed by atoms with Crippen molar-refractivity contribution in [2.45, 2.75) is 19.0 Å². The monoisotopic (exact) mass is 420 g/mol. The van der Waals surface area contributed by atoms with Crippen LogP contribution < -0.4 is 15.6 Å². The molecule has 158 valence electrons. The van der Waals surface area contributed by atoms with Crippen molar-refractivity contribution in [3.63, 3.8) is 0 Å². The topological polar surface area (TPSA) is 112 Å². The Morgan fingerprint density at radius 1 is 1.26 bits per heavy atom. The van der Waals surface area contributed by atoms with Gasteiger partial charge in [0.05, 0.1) is 38.0 Å². The van der Waals surface area contributed by atoms with E-state index in [2.05, 4.69) is 31.9 Å². The Kier molecular flexibility index (Phi) is 6.31. The van der Waals surface area contributed by atoms with Gasteiger partial charge in [0.25, 0.3) is 5.56 Å². The zero-order valence-corrected chi connectivity index (χ0v) is 17.2. The normalized spacial score (nSPS) is 12.2. The number of methoxy groups -OCH3 is 2. The van der Waals surface area contributed by atoms with Gasteiger partial charge < -0.3 is 9.47 Å². The number of ketones is 1. The van der Waals surface area contributed by atoms with Gasteiger partial charge in [-0.1, -0.05) is 11.8 Å². The van der Waals surface area contributed by atoms with Crippen LogP contribution >= 0.6 is 0 Å². The number of Topliss-reactive ketones (excluding diaryl/α,β-unsaturated/α-hetero) is 1. The maximum absolute atomic E-state index is 13.1. The molecule has 0 spiro atoms. The molecule has 0 fully saturated rings. The molecular formula is C22H20N4O5. The number of pyridine rings is 1. The highest BCUT2D eigenvalue weighted by molar-refractivity contribution is 5.93. The fourth-order valence-electron chi connectivity index (χ4n) is 2.87. The van der Waals surface area contributed by atoms with E-state index in [0.29, 0.717) is 22.2 Å². The van der Waals surface area contributed by atoms with Crippen LogP contribution in [-0.4, -0.2) is 46.2 Å². The summed E-state index contributed by atoms with van der Waals surface area (Å²) in [5.41, 5.74) is -1.14. The van der Waals surface area contributed by atoms with Gasteiger partial charge in [-0.15, -0.1) is 0 Å². The molecule has 0 aliphatic rings. The highest BCUT2D eigenvalue weighted by atomic mass is 16.5. The number of ether oxygens (including phenoxy) is 2. The highest BCUT2D eigenvalue weighted by Crippen LogP contribution is 2.17. The quantitative estimate of drug-likeness (QED) is 0.623. The smallest absolute Gasteiger partial charge is 0.408 e. The lowest BCUT2D eigenvalue weighted by Crippen LogP contribution is -2.56. The van der Waals surface area contributed by atoms with Gasteiger partial charge in [0, 0.05) is 18.0 Å². The zero-order chi connectivity index (χ0) is 22.4. The van der Waals surface area contributed by atoms with Gasteiger partial charge in [-0.25, -0.2) is 9.78 Å². The maximum Gasteiger partial charge on any atom is 0.408 e. The number of carbonyl (C=O) groups is 2. The van der Waals surface area contributed by atoms with E-state index in [-0.39, 0.29) is 6.54 Å². The third-order valence-corrected chi connectivity index (χ3v) is 4.62. The summed E-state index contributed by atoms with van der Waals surface area (Å²) in [5, 5.41) is 2.78. The number of rotatable bonds is 5. The summed E-state index contributed by atoms with van der Waals surface area (Å²) in [6, 6.07) is 8.31. The first kappa shape index (κ1) is 21.5. The predicted molar refractivity (Wildman–Crippen MR) is 113 cm³/mol. The Balaban J connectivity index is 2.13.